The van der Waals surface area contributed by atoms with Crippen molar-refractivity contribution < 1.29 is 9.53 Å². The van der Waals surface area contributed by atoms with E-state index in [1.807, 2.05) is 6.92 Å². The van der Waals surface area contributed by atoms with Crippen molar-refractivity contribution in [1.29, 1.82) is 0 Å². The molecule has 1 aromatic heterocycles. The van der Waals surface area contributed by atoms with Gasteiger partial charge in [-0.3, -0.25) is 4.79 Å². The van der Waals surface area contributed by atoms with Gasteiger partial charge in [0.1, 0.15) is 11.4 Å². The summed E-state index contributed by atoms with van der Waals surface area (Å²) in [5.74, 6) is 1.66. The first kappa shape index (κ1) is 16.3. The number of methoxy groups -OCH3 is 1. The Hall–Kier alpha value is -1.08. The van der Waals surface area contributed by atoms with Crippen LogP contribution < -0.4 is 5.32 Å². The third-order valence-corrected chi connectivity index (χ3v) is 5.06. The lowest BCUT2D eigenvalue weighted by molar-refractivity contribution is -0.147. The fourth-order valence-electron chi connectivity index (χ4n) is 2.47. The monoisotopic (exact) mass is 312 g/mol. The number of hydrogen-bond donors (Lipinski definition) is 1. The van der Waals surface area contributed by atoms with Crippen LogP contribution in [0, 0.1) is 0 Å². The third-order valence-electron chi connectivity index (χ3n) is 4.10. The molecule has 0 fully saturated rings. The molecule has 0 saturated heterocycles. The van der Waals surface area contributed by atoms with E-state index >= 15 is 0 Å². The second-order valence-corrected chi connectivity index (χ2v) is 6.60. The van der Waals surface area contributed by atoms with Gasteiger partial charge >= 0.3 is 5.97 Å². The topological polar surface area (TPSA) is 69.0 Å². The molecule has 0 amide bonds. The van der Waals surface area contributed by atoms with E-state index in [1.54, 1.807) is 18.8 Å². The Morgan fingerprint density at radius 2 is 2.24 bits per heavy atom. The van der Waals surface area contributed by atoms with Gasteiger partial charge in [0.2, 0.25) is 0 Å². The quantitative estimate of drug-likeness (QED) is 0.636. The number of carbonyl (C=O) groups is 1. The van der Waals surface area contributed by atoms with Crippen LogP contribution in [-0.4, -0.2) is 46.2 Å². The highest BCUT2D eigenvalue weighted by Crippen LogP contribution is 2.24. The van der Waals surface area contributed by atoms with Gasteiger partial charge in [-0.15, -0.1) is 10.2 Å². The summed E-state index contributed by atoms with van der Waals surface area (Å²) in [6, 6.07) is 0. The predicted molar refractivity (Wildman–Crippen MR) is 82.4 cm³/mol. The van der Waals surface area contributed by atoms with Crippen molar-refractivity contribution in [2.24, 2.45) is 0 Å². The summed E-state index contributed by atoms with van der Waals surface area (Å²) in [7, 11) is 3.20. The molecule has 2 heterocycles. The van der Waals surface area contributed by atoms with E-state index in [9.17, 15) is 4.79 Å². The second-order valence-electron chi connectivity index (χ2n) is 5.53. The van der Waals surface area contributed by atoms with Gasteiger partial charge in [0.15, 0.2) is 5.16 Å². The van der Waals surface area contributed by atoms with Gasteiger partial charge in [0.25, 0.3) is 0 Å². The van der Waals surface area contributed by atoms with Gasteiger partial charge in [0.05, 0.1) is 7.11 Å². The molecule has 1 aliphatic rings. The second kappa shape index (κ2) is 7.26. The van der Waals surface area contributed by atoms with Crippen molar-refractivity contribution in [3.05, 3.63) is 5.82 Å². The number of fused-ring (bicyclic) bond motifs is 1. The summed E-state index contributed by atoms with van der Waals surface area (Å²) < 4.78 is 7.09. The van der Waals surface area contributed by atoms with Gasteiger partial charge < -0.3 is 14.6 Å². The van der Waals surface area contributed by atoms with Crippen molar-refractivity contribution in [3.8, 4) is 0 Å². The predicted octanol–water partition coefficient (Wildman–Crippen LogP) is 1.64. The molecule has 0 aliphatic carbocycles. The SMILES string of the molecule is CNC(C)(CCSc1nnc2n1CCCCC2)C(=O)OC. The van der Waals surface area contributed by atoms with Crippen LogP contribution in [0.25, 0.3) is 0 Å². The van der Waals surface area contributed by atoms with Crippen molar-refractivity contribution in [1.82, 2.24) is 20.1 Å². The van der Waals surface area contributed by atoms with E-state index in [1.165, 1.54) is 26.4 Å². The normalized spacial score (nSPS) is 17.7. The number of thioether (sulfide) groups is 1. The zero-order valence-corrected chi connectivity index (χ0v) is 13.8. The highest BCUT2D eigenvalue weighted by molar-refractivity contribution is 7.99. The van der Waals surface area contributed by atoms with E-state index in [2.05, 4.69) is 20.1 Å². The fourth-order valence-corrected chi connectivity index (χ4v) is 3.61. The molecule has 0 spiro atoms. The first-order valence-corrected chi connectivity index (χ1v) is 8.41. The van der Waals surface area contributed by atoms with Crippen molar-refractivity contribution >= 4 is 17.7 Å². The molecule has 1 aliphatic heterocycles. The minimum atomic E-state index is -0.649. The number of aryl methyl sites for hydroxylation is 1. The number of esters is 1. The summed E-state index contributed by atoms with van der Waals surface area (Å²) in [5, 5.41) is 12.6. The Morgan fingerprint density at radius 1 is 1.43 bits per heavy atom. The Balaban J connectivity index is 1.94. The minimum absolute atomic E-state index is 0.231. The highest BCUT2D eigenvalue weighted by Gasteiger charge is 2.32. The zero-order chi connectivity index (χ0) is 15.3. The maximum absolute atomic E-state index is 11.8. The molecule has 1 atom stereocenters. The minimum Gasteiger partial charge on any atom is -0.468 e. The number of rotatable bonds is 6. The molecule has 0 saturated carbocycles. The van der Waals surface area contributed by atoms with E-state index in [0.29, 0.717) is 6.42 Å². The molecule has 1 unspecified atom stereocenters. The van der Waals surface area contributed by atoms with Crippen LogP contribution in [0.3, 0.4) is 0 Å². The van der Waals surface area contributed by atoms with Gasteiger partial charge in [0, 0.05) is 18.7 Å². The number of ether oxygens (including phenoxy) is 1. The molecule has 2 rings (SSSR count). The lowest BCUT2D eigenvalue weighted by atomic mass is 10.00. The van der Waals surface area contributed by atoms with Gasteiger partial charge in [-0.2, -0.15) is 0 Å². The molecular weight excluding hydrogens is 288 g/mol. The van der Waals surface area contributed by atoms with Crippen molar-refractivity contribution in [2.45, 2.75) is 56.3 Å². The van der Waals surface area contributed by atoms with Crippen molar-refractivity contribution in [2.75, 3.05) is 19.9 Å². The molecule has 7 heteroatoms. The number of carbonyl (C=O) groups excluding carboxylic acids is 1. The summed E-state index contributed by atoms with van der Waals surface area (Å²) in [6.07, 6.45) is 5.35. The van der Waals surface area contributed by atoms with Crippen LogP contribution >= 0.6 is 11.8 Å². The Morgan fingerprint density at radius 3 is 2.95 bits per heavy atom. The molecule has 0 radical (unpaired) electrons. The largest absolute Gasteiger partial charge is 0.468 e. The molecule has 1 aromatic rings. The van der Waals surface area contributed by atoms with Crippen LogP contribution in [0.15, 0.2) is 5.16 Å². The third kappa shape index (κ3) is 3.77. The Bertz CT molecular complexity index is 491. The molecule has 1 N–H and O–H groups in total. The molecule has 0 aromatic carbocycles. The summed E-state index contributed by atoms with van der Waals surface area (Å²) >= 11 is 1.66. The van der Waals surface area contributed by atoms with Gasteiger partial charge in [-0.05, 0) is 33.2 Å². The first-order valence-electron chi connectivity index (χ1n) is 7.43. The lowest BCUT2D eigenvalue weighted by Gasteiger charge is -2.25. The molecule has 0 bridgehead atoms. The Labute approximate surface area is 130 Å². The van der Waals surface area contributed by atoms with E-state index < -0.39 is 5.54 Å². The average Bonchev–Trinajstić information content (AvgIpc) is 2.73. The van der Waals surface area contributed by atoms with Crippen LogP contribution in [0.2, 0.25) is 0 Å². The van der Waals surface area contributed by atoms with Gasteiger partial charge in [-0.25, -0.2) is 0 Å². The molecule has 6 nitrogen and oxygen atoms in total. The summed E-state index contributed by atoms with van der Waals surface area (Å²) in [5.41, 5.74) is -0.649. The van der Waals surface area contributed by atoms with Crippen LogP contribution in [0.1, 0.15) is 38.4 Å². The Kier molecular flexibility index (Phi) is 5.64. The number of nitrogens with zero attached hydrogens (tertiary/aromatic N) is 3. The molecular formula is C14H24N4O2S. The smallest absolute Gasteiger partial charge is 0.325 e. The van der Waals surface area contributed by atoms with Crippen molar-refractivity contribution in [3.63, 3.8) is 0 Å². The summed E-state index contributed by atoms with van der Waals surface area (Å²) in [4.78, 5) is 11.8. The average molecular weight is 312 g/mol. The maximum Gasteiger partial charge on any atom is 0.325 e. The number of nitrogens with one attached hydrogen (secondary N) is 1. The molecule has 21 heavy (non-hydrogen) atoms. The van der Waals surface area contributed by atoms with E-state index in [-0.39, 0.29) is 5.97 Å². The maximum atomic E-state index is 11.8. The van der Waals surface area contributed by atoms with E-state index in [4.69, 9.17) is 4.74 Å². The fraction of sp³-hybridized carbons (Fsp3) is 0.786. The van der Waals surface area contributed by atoms with Gasteiger partial charge in [-0.1, -0.05) is 18.2 Å². The zero-order valence-electron chi connectivity index (χ0n) is 13.0. The van der Waals surface area contributed by atoms with E-state index in [0.717, 1.165) is 29.7 Å². The first-order chi connectivity index (χ1) is 10.1. The van der Waals surface area contributed by atoms with Crippen LogP contribution in [-0.2, 0) is 22.5 Å². The van der Waals surface area contributed by atoms with Crippen LogP contribution in [0.5, 0.6) is 0 Å². The number of hydrogen-bond acceptors (Lipinski definition) is 6. The summed E-state index contributed by atoms with van der Waals surface area (Å²) in [6.45, 7) is 2.87. The highest BCUT2D eigenvalue weighted by atomic mass is 32.2. The number of likely N-dealkylation sites (N-methyl/N-ethyl adjacent to an activating group) is 1. The lowest BCUT2D eigenvalue weighted by Crippen LogP contribution is -2.48. The molecule has 118 valence electrons. The van der Waals surface area contributed by atoms with Crippen LogP contribution in [0.4, 0.5) is 0 Å². The number of aromatic nitrogens is 3. The standard InChI is InChI=1S/C14H24N4O2S/c1-14(15-2,12(19)20-3)8-10-21-13-17-16-11-7-5-4-6-9-18(11)13/h15H,4-10H2,1-3H3.